The normalized spacial score (nSPS) is 45.1. The first-order valence-corrected chi connectivity index (χ1v) is 12.3. The van der Waals surface area contributed by atoms with Crippen molar-refractivity contribution in [3.8, 4) is 6.07 Å². The monoisotopic (exact) mass is 407 g/mol. The second-order valence-electron chi connectivity index (χ2n) is 11.8. The zero-order valence-electron chi connectivity index (χ0n) is 18.9. The summed E-state index contributed by atoms with van der Waals surface area (Å²) >= 11 is 0. The number of hydrogen-bond acceptors (Lipinski definition) is 3. The summed E-state index contributed by atoms with van der Waals surface area (Å²) in [6.45, 7) is 8.02. The van der Waals surface area contributed by atoms with Crippen molar-refractivity contribution < 1.29 is 4.79 Å². The quantitative estimate of drug-likeness (QED) is 0.653. The fraction of sp³-hybridized carbons (Fsp3) is 0.808. The number of nitriles is 1. The van der Waals surface area contributed by atoms with Crippen molar-refractivity contribution in [2.24, 2.45) is 46.3 Å². The molecule has 0 N–H and O–H groups in total. The third-order valence-electron chi connectivity index (χ3n) is 10.2. The molecule has 0 spiro atoms. The van der Waals surface area contributed by atoms with Crippen molar-refractivity contribution in [2.45, 2.75) is 85.1 Å². The van der Waals surface area contributed by atoms with Crippen LogP contribution in [0.1, 0.15) is 84.1 Å². The highest BCUT2D eigenvalue weighted by atomic mass is 16.1. The Bertz CT molecular complexity index is 868. The Kier molecular flexibility index (Phi) is 4.88. The molecule has 0 saturated heterocycles. The van der Waals surface area contributed by atoms with E-state index in [1.54, 1.807) is 17.1 Å². The summed E-state index contributed by atoms with van der Waals surface area (Å²) in [6, 6.07) is 2.10. The number of ketones is 1. The zero-order valence-corrected chi connectivity index (χ0v) is 18.9. The Balaban J connectivity index is 1.32. The van der Waals surface area contributed by atoms with E-state index < -0.39 is 0 Å². The van der Waals surface area contributed by atoms with E-state index in [4.69, 9.17) is 5.26 Å². The fourth-order valence-electron chi connectivity index (χ4n) is 9.05. The van der Waals surface area contributed by atoms with E-state index in [9.17, 15) is 4.79 Å². The summed E-state index contributed by atoms with van der Waals surface area (Å²) in [7, 11) is 0. The smallest absolute Gasteiger partial charge is 0.157 e. The highest BCUT2D eigenvalue weighted by Gasteiger charge is 2.60. The Morgan fingerprint density at radius 1 is 1.17 bits per heavy atom. The lowest BCUT2D eigenvalue weighted by atomic mass is 9.42. The van der Waals surface area contributed by atoms with Crippen LogP contribution in [0.15, 0.2) is 12.4 Å². The van der Waals surface area contributed by atoms with Crippen molar-refractivity contribution in [1.82, 2.24) is 9.78 Å². The van der Waals surface area contributed by atoms with Crippen LogP contribution in [0.25, 0.3) is 0 Å². The van der Waals surface area contributed by atoms with Gasteiger partial charge < -0.3 is 0 Å². The molecule has 4 aliphatic carbocycles. The predicted molar refractivity (Wildman–Crippen MR) is 116 cm³/mol. The average Bonchev–Trinajstić information content (AvgIpc) is 3.33. The number of nitrogens with zero attached hydrogens (tertiary/aromatic N) is 3. The Hall–Kier alpha value is -1.63. The van der Waals surface area contributed by atoms with Crippen LogP contribution in [0.3, 0.4) is 0 Å². The molecular formula is C26H37N3O. The molecule has 4 nitrogen and oxygen atoms in total. The van der Waals surface area contributed by atoms with Gasteiger partial charge in [0.15, 0.2) is 5.78 Å². The molecule has 1 heterocycles. The van der Waals surface area contributed by atoms with Gasteiger partial charge in [-0.25, -0.2) is 0 Å². The van der Waals surface area contributed by atoms with Crippen LogP contribution in [-0.4, -0.2) is 15.6 Å². The molecular weight excluding hydrogens is 370 g/mol. The van der Waals surface area contributed by atoms with Crippen LogP contribution in [0.2, 0.25) is 0 Å². The summed E-state index contributed by atoms with van der Waals surface area (Å²) in [5.41, 5.74) is 1.56. The second-order valence-corrected chi connectivity index (χ2v) is 11.8. The molecule has 0 aliphatic heterocycles. The molecule has 1 unspecified atom stereocenters. The molecule has 1 aromatic rings. The van der Waals surface area contributed by atoms with Crippen molar-refractivity contribution in [3.63, 3.8) is 0 Å². The van der Waals surface area contributed by atoms with Gasteiger partial charge in [0.25, 0.3) is 0 Å². The van der Waals surface area contributed by atoms with E-state index in [0.717, 1.165) is 30.1 Å². The van der Waals surface area contributed by atoms with E-state index in [1.165, 1.54) is 51.4 Å². The molecule has 4 heteroatoms. The average molecular weight is 408 g/mol. The Morgan fingerprint density at radius 3 is 2.77 bits per heavy atom. The summed E-state index contributed by atoms with van der Waals surface area (Å²) in [6.07, 6.45) is 15.1. The highest BCUT2D eigenvalue weighted by Crippen LogP contribution is 2.68. The Labute approximate surface area is 181 Å². The first kappa shape index (κ1) is 20.3. The number of aromatic nitrogens is 2. The van der Waals surface area contributed by atoms with Crippen molar-refractivity contribution in [2.75, 3.05) is 0 Å². The lowest BCUT2D eigenvalue weighted by Crippen LogP contribution is -2.55. The zero-order chi connectivity index (χ0) is 21.1. The number of hydrogen-bond donors (Lipinski definition) is 0. The molecule has 8 atom stereocenters. The van der Waals surface area contributed by atoms with Crippen molar-refractivity contribution in [1.29, 1.82) is 5.26 Å². The molecule has 4 fully saturated rings. The summed E-state index contributed by atoms with van der Waals surface area (Å²) in [5.74, 6) is 4.45. The molecule has 0 aromatic carbocycles. The minimum Gasteiger partial charge on any atom is -0.297 e. The third-order valence-corrected chi connectivity index (χ3v) is 10.2. The van der Waals surface area contributed by atoms with Crippen LogP contribution in [0, 0.1) is 57.7 Å². The molecule has 0 radical (unpaired) electrons. The fourth-order valence-corrected chi connectivity index (χ4v) is 9.05. The molecule has 4 saturated carbocycles. The van der Waals surface area contributed by atoms with Gasteiger partial charge in [-0.05, 0) is 91.8 Å². The van der Waals surface area contributed by atoms with Crippen LogP contribution >= 0.6 is 0 Å². The molecule has 30 heavy (non-hydrogen) atoms. The lowest BCUT2D eigenvalue weighted by Gasteiger charge is -2.63. The van der Waals surface area contributed by atoms with Gasteiger partial charge in [0.1, 0.15) is 6.07 Å². The molecule has 4 aliphatic rings. The number of carbonyl (C=O) groups excluding carboxylic acids is 1. The maximum atomic E-state index is 13.2. The van der Waals surface area contributed by atoms with Crippen LogP contribution in [-0.2, 0) is 11.3 Å². The van der Waals surface area contributed by atoms with Gasteiger partial charge in [0, 0.05) is 12.1 Å². The molecule has 0 bridgehead atoms. The molecule has 0 amide bonds. The van der Waals surface area contributed by atoms with Gasteiger partial charge in [0.05, 0.1) is 18.3 Å². The first-order valence-electron chi connectivity index (χ1n) is 12.3. The summed E-state index contributed by atoms with van der Waals surface area (Å²) in [5, 5.41) is 13.2. The van der Waals surface area contributed by atoms with E-state index in [0.29, 0.717) is 34.6 Å². The molecule has 162 valence electrons. The second kappa shape index (κ2) is 7.21. The van der Waals surface area contributed by atoms with Gasteiger partial charge in [0.2, 0.25) is 0 Å². The van der Waals surface area contributed by atoms with Crippen molar-refractivity contribution >= 4 is 5.78 Å². The minimum absolute atomic E-state index is 0.203. The Morgan fingerprint density at radius 2 is 2.00 bits per heavy atom. The number of rotatable bonds is 3. The highest BCUT2D eigenvalue weighted by molar-refractivity contribution is 5.81. The predicted octanol–water partition coefficient (Wildman–Crippen LogP) is 5.62. The SMILES string of the molecule is C[C@H]1CC[C@H]2[C@](C)(CC[C@H]3C4CC[C@@H](C(=O)Cn5cc(C#N)cn5)[C@H]4CC[C@@]32C)C1. The van der Waals surface area contributed by atoms with E-state index in [-0.39, 0.29) is 5.92 Å². The van der Waals surface area contributed by atoms with Crippen LogP contribution in [0.4, 0.5) is 0 Å². The largest absolute Gasteiger partial charge is 0.297 e. The minimum atomic E-state index is 0.203. The number of fused-ring (bicyclic) bond motifs is 5. The lowest BCUT2D eigenvalue weighted by molar-refractivity contribution is -0.144. The standard InChI is InChI=1S/C26H37N3O/c1-17-4-7-24-25(2,12-17)10-9-22-20-5-6-21(19(20)8-11-26(22,24)3)23(30)16-29-15-18(13-27)14-28-29/h14-15,17,19-22,24H,4-12,16H2,1-3H3/t17-,19-,20?,21+,22-,24-,25+,26-/m0/s1. The van der Waals surface area contributed by atoms with Crippen molar-refractivity contribution in [3.05, 3.63) is 18.0 Å². The van der Waals surface area contributed by atoms with Gasteiger partial charge in [-0.3, -0.25) is 9.48 Å². The van der Waals surface area contributed by atoms with Gasteiger partial charge in [-0.15, -0.1) is 0 Å². The van der Waals surface area contributed by atoms with Gasteiger partial charge >= 0.3 is 0 Å². The van der Waals surface area contributed by atoms with Crippen LogP contribution in [0.5, 0.6) is 0 Å². The maximum absolute atomic E-state index is 13.2. The van der Waals surface area contributed by atoms with E-state index in [1.807, 2.05) is 0 Å². The molecule has 1 aromatic heterocycles. The number of Topliss-reactive ketones (excluding diaryl/α,β-unsaturated/α-hetero) is 1. The topological polar surface area (TPSA) is 58.7 Å². The van der Waals surface area contributed by atoms with Gasteiger partial charge in [-0.1, -0.05) is 27.2 Å². The molecule has 5 rings (SSSR count). The van der Waals surface area contributed by atoms with E-state index >= 15 is 0 Å². The van der Waals surface area contributed by atoms with Gasteiger partial charge in [-0.2, -0.15) is 10.4 Å². The number of carbonyl (C=O) groups is 1. The third kappa shape index (κ3) is 3.07. The summed E-state index contributed by atoms with van der Waals surface area (Å²) < 4.78 is 1.66. The van der Waals surface area contributed by atoms with Crippen LogP contribution < -0.4 is 0 Å². The summed E-state index contributed by atoms with van der Waals surface area (Å²) in [4.78, 5) is 13.2. The maximum Gasteiger partial charge on any atom is 0.157 e. The first-order chi connectivity index (χ1) is 14.3. The van der Waals surface area contributed by atoms with E-state index in [2.05, 4.69) is 31.9 Å².